The molecule has 16 heavy (non-hydrogen) atoms. The minimum atomic E-state index is 0.807. The first-order valence-corrected chi connectivity index (χ1v) is 7.09. The van der Waals surface area contributed by atoms with Crippen LogP contribution in [-0.2, 0) is 0 Å². The average Bonchev–Trinajstić information content (AvgIpc) is 2.93. The molecule has 0 aromatic rings. The summed E-state index contributed by atoms with van der Waals surface area (Å²) in [5, 5.41) is 0. The summed E-state index contributed by atoms with van der Waals surface area (Å²) in [6, 6.07) is 0. The third-order valence-electron chi connectivity index (χ3n) is 3.79. The lowest BCUT2D eigenvalue weighted by Crippen LogP contribution is -2.03. The summed E-state index contributed by atoms with van der Waals surface area (Å²) in [4.78, 5) is 4.56. The smallest absolute Gasteiger partial charge is 0.0413 e. The minimum absolute atomic E-state index is 0.807. The molecule has 0 spiro atoms. The molecule has 0 amide bonds. The second-order valence-corrected chi connectivity index (χ2v) is 6.08. The Morgan fingerprint density at radius 1 is 1.25 bits per heavy atom. The molecule has 1 aliphatic carbocycles. The van der Waals surface area contributed by atoms with E-state index in [1.807, 2.05) is 0 Å². The molecule has 0 aromatic heterocycles. The van der Waals surface area contributed by atoms with Gasteiger partial charge in [0.15, 0.2) is 0 Å². The summed E-state index contributed by atoms with van der Waals surface area (Å²) in [5.74, 6) is 3.60. The van der Waals surface area contributed by atoms with E-state index in [4.69, 9.17) is 0 Å². The zero-order chi connectivity index (χ0) is 12.0. The van der Waals surface area contributed by atoms with E-state index in [2.05, 4.69) is 38.9 Å². The number of rotatable bonds is 8. The Morgan fingerprint density at radius 2 is 1.94 bits per heavy atom. The summed E-state index contributed by atoms with van der Waals surface area (Å²) in [7, 11) is 0. The molecule has 3 unspecified atom stereocenters. The van der Waals surface area contributed by atoms with Crippen LogP contribution >= 0.6 is 0 Å². The molecule has 0 bridgehead atoms. The minimum Gasteiger partial charge on any atom is -0.297 e. The van der Waals surface area contributed by atoms with E-state index in [0.29, 0.717) is 0 Å². The Hall–Kier alpha value is -0.330. The third-order valence-corrected chi connectivity index (χ3v) is 3.79. The van der Waals surface area contributed by atoms with Crippen LogP contribution in [0.4, 0.5) is 0 Å². The summed E-state index contributed by atoms with van der Waals surface area (Å²) >= 11 is 0. The van der Waals surface area contributed by atoms with E-state index in [0.717, 1.165) is 30.2 Å². The maximum atomic E-state index is 4.56. The molecule has 1 nitrogen and oxygen atoms in total. The molecule has 1 fully saturated rings. The molecule has 3 atom stereocenters. The molecular formula is C15H29N. The van der Waals surface area contributed by atoms with Gasteiger partial charge in [-0.3, -0.25) is 4.99 Å². The maximum Gasteiger partial charge on any atom is 0.0413 e. The van der Waals surface area contributed by atoms with Gasteiger partial charge in [0.1, 0.15) is 0 Å². The second kappa shape index (κ2) is 7.09. The van der Waals surface area contributed by atoms with Crippen LogP contribution < -0.4 is 0 Å². The van der Waals surface area contributed by atoms with Crippen LogP contribution in [0.1, 0.15) is 59.8 Å². The Kier molecular flexibility index (Phi) is 6.08. The van der Waals surface area contributed by atoms with Gasteiger partial charge in [-0.15, -0.1) is 0 Å². The summed E-state index contributed by atoms with van der Waals surface area (Å²) in [5.41, 5.74) is 0. The fourth-order valence-electron chi connectivity index (χ4n) is 2.40. The Morgan fingerprint density at radius 3 is 2.50 bits per heavy atom. The predicted molar refractivity (Wildman–Crippen MR) is 73.1 cm³/mol. The quantitative estimate of drug-likeness (QED) is 0.422. The molecule has 0 aliphatic heterocycles. The molecule has 0 heterocycles. The van der Waals surface area contributed by atoms with Crippen molar-refractivity contribution in [2.24, 2.45) is 28.7 Å². The largest absolute Gasteiger partial charge is 0.297 e. The molecule has 1 saturated carbocycles. The van der Waals surface area contributed by atoms with Crippen LogP contribution in [0.2, 0.25) is 0 Å². The Balaban J connectivity index is 1.92. The highest BCUT2D eigenvalue weighted by Gasteiger charge is 2.36. The first-order valence-electron chi connectivity index (χ1n) is 7.09. The van der Waals surface area contributed by atoms with Gasteiger partial charge >= 0.3 is 0 Å². The fraction of sp³-hybridized carbons (Fsp3) is 0.933. The lowest BCUT2D eigenvalue weighted by atomic mass is 10.1. The molecule has 0 radical (unpaired) electrons. The van der Waals surface area contributed by atoms with E-state index in [9.17, 15) is 0 Å². The average molecular weight is 223 g/mol. The lowest BCUT2D eigenvalue weighted by Gasteiger charge is -2.06. The van der Waals surface area contributed by atoms with Crippen LogP contribution in [-0.4, -0.2) is 12.8 Å². The zero-order valence-corrected chi connectivity index (χ0v) is 11.6. The van der Waals surface area contributed by atoms with E-state index in [1.54, 1.807) is 0 Å². The third kappa shape index (κ3) is 5.67. The molecule has 0 saturated heterocycles. The van der Waals surface area contributed by atoms with Crippen LogP contribution in [0.25, 0.3) is 0 Å². The molecule has 0 aromatic carbocycles. The summed E-state index contributed by atoms with van der Waals surface area (Å²) in [6.45, 7) is 10.4. The van der Waals surface area contributed by atoms with Crippen molar-refractivity contribution in [2.45, 2.75) is 59.8 Å². The predicted octanol–water partition coefficient (Wildman–Crippen LogP) is 4.57. The highest BCUT2D eigenvalue weighted by molar-refractivity contribution is 5.56. The first kappa shape index (κ1) is 13.7. The van der Waals surface area contributed by atoms with Crippen LogP contribution in [0, 0.1) is 23.7 Å². The van der Waals surface area contributed by atoms with Gasteiger partial charge in [-0.2, -0.15) is 0 Å². The summed E-state index contributed by atoms with van der Waals surface area (Å²) < 4.78 is 0. The van der Waals surface area contributed by atoms with Crippen molar-refractivity contribution in [3.63, 3.8) is 0 Å². The van der Waals surface area contributed by atoms with Gasteiger partial charge in [0, 0.05) is 6.54 Å². The number of hydrogen-bond acceptors (Lipinski definition) is 1. The van der Waals surface area contributed by atoms with Crippen molar-refractivity contribution in [3.05, 3.63) is 0 Å². The zero-order valence-electron chi connectivity index (χ0n) is 11.6. The molecule has 1 heteroatoms. The molecule has 94 valence electrons. The van der Waals surface area contributed by atoms with Gasteiger partial charge in [0.25, 0.3) is 0 Å². The molecular weight excluding hydrogens is 194 g/mol. The molecule has 1 aliphatic rings. The fourth-order valence-corrected chi connectivity index (χ4v) is 2.40. The van der Waals surface area contributed by atoms with Crippen LogP contribution in [0.15, 0.2) is 4.99 Å². The highest BCUT2D eigenvalue weighted by Crippen LogP contribution is 2.43. The topological polar surface area (TPSA) is 12.4 Å². The van der Waals surface area contributed by atoms with Gasteiger partial charge < -0.3 is 0 Å². The summed E-state index contributed by atoms with van der Waals surface area (Å²) in [6.07, 6.45) is 8.81. The van der Waals surface area contributed by atoms with Gasteiger partial charge in [0.05, 0.1) is 0 Å². The number of aliphatic imine (C=N–C) groups is 1. The number of unbranched alkanes of at least 4 members (excludes halogenated alkanes) is 2. The van der Waals surface area contributed by atoms with Crippen molar-refractivity contribution in [3.8, 4) is 0 Å². The maximum absolute atomic E-state index is 4.56. The van der Waals surface area contributed by atoms with E-state index in [1.165, 1.54) is 32.1 Å². The van der Waals surface area contributed by atoms with E-state index in [-0.39, 0.29) is 0 Å². The monoisotopic (exact) mass is 223 g/mol. The van der Waals surface area contributed by atoms with Gasteiger partial charge in [-0.25, -0.2) is 0 Å². The normalized spacial score (nSPS) is 26.6. The van der Waals surface area contributed by atoms with Gasteiger partial charge in [-0.1, -0.05) is 40.5 Å². The SMILES string of the molecule is CC(C)CCCCC=NCC(C)C1CC1C. The van der Waals surface area contributed by atoms with Crippen LogP contribution in [0.3, 0.4) is 0 Å². The standard InChI is InChI=1S/C15H29N/c1-12(2)8-6-5-7-9-16-11-14(4)15-10-13(15)3/h9,12-15H,5-8,10-11H2,1-4H3. The Labute approximate surface area is 102 Å². The van der Waals surface area contributed by atoms with Gasteiger partial charge in [-0.05, 0) is 49.1 Å². The molecule has 0 N–H and O–H groups in total. The van der Waals surface area contributed by atoms with Crippen molar-refractivity contribution in [1.29, 1.82) is 0 Å². The first-order chi connectivity index (χ1) is 7.61. The van der Waals surface area contributed by atoms with Crippen molar-refractivity contribution >= 4 is 6.21 Å². The van der Waals surface area contributed by atoms with Crippen molar-refractivity contribution < 1.29 is 0 Å². The second-order valence-electron chi connectivity index (χ2n) is 6.08. The number of nitrogens with zero attached hydrogens (tertiary/aromatic N) is 1. The van der Waals surface area contributed by atoms with Crippen LogP contribution in [0.5, 0.6) is 0 Å². The highest BCUT2D eigenvalue weighted by atomic mass is 14.7. The van der Waals surface area contributed by atoms with E-state index >= 15 is 0 Å². The van der Waals surface area contributed by atoms with Crippen molar-refractivity contribution in [2.75, 3.05) is 6.54 Å². The number of hydrogen-bond donors (Lipinski definition) is 0. The Bertz CT molecular complexity index is 207. The van der Waals surface area contributed by atoms with Crippen molar-refractivity contribution in [1.82, 2.24) is 0 Å². The lowest BCUT2D eigenvalue weighted by molar-refractivity contribution is 0.495. The molecule has 1 rings (SSSR count). The van der Waals surface area contributed by atoms with E-state index < -0.39 is 0 Å². The van der Waals surface area contributed by atoms with Gasteiger partial charge in [0.2, 0.25) is 0 Å².